The van der Waals surface area contributed by atoms with E-state index in [1.165, 1.54) is 18.2 Å². The number of benzene rings is 1. The molecule has 0 bridgehead atoms. The Kier molecular flexibility index (Phi) is 3.52. The van der Waals surface area contributed by atoms with Crippen LogP contribution in [0.5, 0.6) is 0 Å². The number of hydrogen-bond acceptors (Lipinski definition) is 1. The number of hydrogen-bond donors (Lipinski definition) is 0. The molecule has 0 N–H and O–H groups in total. The second-order valence-corrected chi connectivity index (χ2v) is 5.35. The molecule has 2 unspecified atom stereocenters. The first-order valence-corrected chi connectivity index (χ1v) is 6.42. The van der Waals surface area contributed by atoms with Crippen molar-refractivity contribution >= 4 is 23.4 Å². The minimum Gasteiger partial charge on any atom is -0.207 e. The van der Waals surface area contributed by atoms with E-state index in [0.717, 1.165) is 11.5 Å². The predicted octanol–water partition coefficient (Wildman–Crippen LogP) is 3.48. The van der Waals surface area contributed by atoms with Gasteiger partial charge in [-0.25, -0.2) is 8.78 Å². The Labute approximate surface area is 97.0 Å². The molecule has 1 aliphatic heterocycles. The minimum atomic E-state index is -0.462. The first-order chi connectivity index (χ1) is 7.18. The molecule has 1 aliphatic rings. The largest absolute Gasteiger partial charge is 0.207 e. The van der Waals surface area contributed by atoms with Crippen molar-refractivity contribution in [3.8, 4) is 0 Å². The van der Waals surface area contributed by atoms with Gasteiger partial charge in [0, 0.05) is 16.7 Å². The third-order valence-electron chi connectivity index (χ3n) is 2.65. The van der Waals surface area contributed by atoms with Crippen LogP contribution in [-0.4, -0.2) is 16.9 Å². The molecule has 0 aliphatic carbocycles. The lowest BCUT2D eigenvalue weighted by Gasteiger charge is -2.13. The smallest absolute Gasteiger partial charge is 0.129 e. The zero-order valence-corrected chi connectivity index (χ0v) is 9.62. The zero-order valence-electron chi connectivity index (χ0n) is 8.05. The van der Waals surface area contributed by atoms with E-state index in [1.54, 1.807) is 11.8 Å². The van der Waals surface area contributed by atoms with Gasteiger partial charge in [0.2, 0.25) is 0 Å². The fraction of sp³-hybridized carbons (Fsp3) is 0.455. The molecule has 0 saturated carbocycles. The van der Waals surface area contributed by atoms with E-state index < -0.39 is 11.6 Å². The van der Waals surface area contributed by atoms with E-state index >= 15 is 0 Å². The van der Waals surface area contributed by atoms with Gasteiger partial charge < -0.3 is 0 Å². The molecule has 2 atom stereocenters. The Morgan fingerprint density at radius 2 is 1.93 bits per heavy atom. The van der Waals surface area contributed by atoms with Gasteiger partial charge in [-0.1, -0.05) is 6.07 Å². The maximum absolute atomic E-state index is 13.3. The summed E-state index contributed by atoms with van der Waals surface area (Å²) in [4.78, 5) is 0. The van der Waals surface area contributed by atoms with Gasteiger partial charge in [-0.05, 0) is 30.2 Å². The van der Waals surface area contributed by atoms with Crippen molar-refractivity contribution in [3.05, 3.63) is 35.4 Å². The quantitative estimate of drug-likeness (QED) is 0.722. The van der Waals surface area contributed by atoms with Gasteiger partial charge in [0.25, 0.3) is 0 Å². The third kappa shape index (κ3) is 2.45. The molecule has 4 heteroatoms. The Morgan fingerprint density at radius 3 is 2.47 bits per heavy atom. The highest BCUT2D eigenvalue weighted by Crippen LogP contribution is 2.32. The maximum atomic E-state index is 13.3. The van der Waals surface area contributed by atoms with Gasteiger partial charge >= 0.3 is 0 Å². The van der Waals surface area contributed by atoms with Crippen LogP contribution in [0.2, 0.25) is 0 Å². The summed E-state index contributed by atoms with van der Waals surface area (Å²) in [6.45, 7) is 0. The molecule has 0 aromatic heterocycles. The fourth-order valence-corrected chi connectivity index (χ4v) is 3.59. The van der Waals surface area contributed by atoms with Crippen molar-refractivity contribution in [3.63, 3.8) is 0 Å². The lowest BCUT2D eigenvalue weighted by atomic mass is 9.98. The molecular formula is C11H11ClF2S. The van der Waals surface area contributed by atoms with Crippen molar-refractivity contribution in [1.29, 1.82) is 0 Å². The van der Waals surface area contributed by atoms with Crippen LogP contribution in [0.25, 0.3) is 0 Å². The van der Waals surface area contributed by atoms with Crippen molar-refractivity contribution in [1.82, 2.24) is 0 Å². The van der Waals surface area contributed by atoms with Gasteiger partial charge in [0.15, 0.2) is 0 Å². The molecular weight excluding hydrogens is 238 g/mol. The summed E-state index contributed by atoms with van der Waals surface area (Å²) >= 11 is 7.81. The second kappa shape index (κ2) is 4.71. The fourth-order valence-electron chi connectivity index (χ4n) is 1.75. The molecule has 0 amide bonds. The number of alkyl halides is 1. The molecule has 0 nitrogen and oxygen atoms in total. The van der Waals surface area contributed by atoms with Crippen LogP contribution < -0.4 is 0 Å². The number of thioether (sulfide) groups is 1. The van der Waals surface area contributed by atoms with Crippen LogP contribution in [0.1, 0.15) is 5.56 Å². The van der Waals surface area contributed by atoms with Gasteiger partial charge in [-0.15, -0.1) is 11.6 Å². The Bertz CT molecular complexity index is 336. The summed E-state index contributed by atoms with van der Waals surface area (Å²) in [5.41, 5.74) is 0.177. The average Bonchev–Trinajstić information content (AvgIpc) is 2.58. The van der Waals surface area contributed by atoms with Gasteiger partial charge in [-0.2, -0.15) is 11.8 Å². The van der Waals surface area contributed by atoms with Crippen LogP contribution in [0.15, 0.2) is 18.2 Å². The van der Waals surface area contributed by atoms with Gasteiger partial charge in [0.05, 0.1) is 0 Å². The zero-order chi connectivity index (χ0) is 10.8. The van der Waals surface area contributed by atoms with E-state index in [-0.39, 0.29) is 16.9 Å². The molecule has 1 heterocycles. The minimum absolute atomic E-state index is 0.0361. The summed E-state index contributed by atoms with van der Waals surface area (Å²) in [6, 6.07) is 3.98. The molecule has 15 heavy (non-hydrogen) atoms. The van der Waals surface area contributed by atoms with Gasteiger partial charge in [0.1, 0.15) is 11.6 Å². The first-order valence-electron chi connectivity index (χ1n) is 4.83. The first kappa shape index (κ1) is 11.2. The van der Waals surface area contributed by atoms with Gasteiger partial charge in [-0.3, -0.25) is 0 Å². The van der Waals surface area contributed by atoms with Crippen molar-refractivity contribution in [2.45, 2.75) is 11.8 Å². The van der Waals surface area contributed by atoms with E-state index in [2.05, 4.69) is 0 Å². The lowest BCUT2D eigenvalue weighted by molar-refractivity contribution is 0.515. The Hall–Kier alpha value is -0.280. The van der Waals surface area contributed by atoms with Crippen LogP contribution in [0.3, 0.4) is 0 Å². The van der Waals surface area contributed by atoms with E-state index in [9.17, 15) is 8.78 Å². The summed E-state index contributed by atoms with van der Waals surface area (Å²) in [7, 11) is 0. The van der Waals surface area contributed by atoms with E-state index in [0.29, 0.717) is 6.42 Å². The second-order valence-electron chi connectivity index (χ2n) is 3.72. The highest BCUT2D eigenvalue weighted by Gasteiger charge is 2.27. The predicted molar refractivity (Wildman–Crippen MR) is 60.5 cm³/mol. The third-order valence-corrected chi connectivity index (χ3v) is 4.60. The molecule has 82 valence electrons. The maximum Gasteiger partial charge on any atom is 0.129 e. The van der Waals surface area contributed by atoms with Crippen LogP contribution in [0, 0.1) is 17.6 Å². The Morgan fingerprint density at radius 1 is 1.27 bits per heavy atom. The molecule has 2 rings (SSSR count). The molecule has 0 spiro atoms. The van der Waals surface area contributed by atoms with Crippen LogP contribution in [-0.2, 0) is 6.42 Å². The highest BCUT2D eigenvalue weighted by molar-refractivity contribution is 7.99. The standard InChI is InChI=1S/C11H11ClF2S/c12-9-6-15-5-7(9)4-8-10(13)2-1-3-11(8)14/h1-3,7,9H,4-6H2. The van der Waals surface area contributed by atoms with Crippen molar-refractivity contribution < 1.29 is 8.78 Å². The van der Waals surface area contributed by atoms with Crippen LogP contribution >= 0.6 is 23.4 Å². The molecule has 1 aromatic carbocycles. The SMILES string of the molecule is Fc1cccc(F)c1CC1CSCC1Cl. The molecule has 1 saturated heterocycles. The Balaban J connectivity index is 2.16. The normalized spacial score (nSPS) is 25.8. The molecule has 0 radical (unpaired) electrons. The van der Waals surface area contributed by atoms with E-state index in [1.807, 2.05) is 0 Å². The lowest BCUT2D eigenvalue weighted by Crippen LogP contribution is -2.16. The highest BCUT2D eigenvalue weighted by atomic mass is 35.5. The van der Waals surface area contributed by atoms with Crippen molar-refractivity contribution in [2.24, 2.45) is 5.92 Å². The summed E-state index contributed by atoms with van der Waals surface area (Å²) in [5, 5.41) is 0.0361. The summed E-state index contributed by atoms with van der Waals surface area (Å²) in [6.07, 6.45) is 0.402. The number of rotatable bonds is 2. The molecule has 1 fully saturated rings. The monoisotopic (exact) mass is 248 g/mol. The topological polar surface area (TPSA) is 0 Å². The number of halogens is 3. The molecule has 1 aromatic rings. The van der Waals surface area contributed by atoms with Crippen molar-refractivity contribution in [2.75, 3.05) is 11.5 Å². The average molecular weight is 249 g/mol. The van der Waals surface area contributed by atoms with E-state index in [4.69, 9.17) is 11.6 Å². The summed E-state index contributed by atoms with van der Waals surface area (Å²) < 4.78 is 26.7. The van der Waals surface area contributed by atoms with Crippen LogP contribution in [0.4, 0.5) is 8.78 Å². The summed E-state index contributed by atoms with van der Waals surface area (Å²) in [5.74, 6) is 1.03.